The van der Waals surface area contributed by atoms with Crippen LogP contribution >= 0.6 is 0 Å². The van der Waals surface area contributed by atoms with Gasteiger partial charge in [0.2, 0.25) is 15.0 Å². The average Bonchev–Trinajstić information content (AvgIpc) is 3.15. The van der Waals surface area contributed by atoms with E-state index in [0.29, 0.717) is 23.5 Å². The molecule has 0 radical (unpaired) electrons. The van der Waals surface area contributed by atoms with Crippen LogP contribution in [0.4, 0.5) is 8.78 Å². The quantitative estimate of drug-likeness (QED) is 0.379. The van der Waals surface area contributed by atoms with E-state index < -0.39 is 33.0 Å². The molecule has 29 heavy (non-hydrogen) atoms. The molecule has 0 amide bonds. The number of hydrogen-bond acceptors (Lipinski definition) is 6. The van der Waals surface area contributed by atoms with E-state index in [4.69, 9.17) is 4.74 Å². The second-order valence-electron chi connectivity index (χ2n) is 6.75. The normalized spacial score (nSPS) is 18.0. The molecule has 0 atom stereocenters. The SMILES string of the molecule is CS(=O)(=O)c1nc(-c2ccc3c(c2)OC[CH-]3)c2c(n1)C(F)(F)CC2.[CH-]1COC1.[Zn+2]. The Labute approximate surface area is 180 Å². The first-order chi connectivity index (χ1) is 13.3. The third kappa shape index (κ3) is 4.44. The summed E-state index contributed by atoms with van der Waals surface area (Å²) in [4.78, 5) is 7.73. The van der Waals surface area contributed by atoms with Crippen molar-refractivity contribution in [3.8, 4) is 17.0 Å². The van der Waals surface area contributed by atoms with Gasteiger partial charge in [-0.25, -0.2) is 18.4 Å². The van der Waals surface area contributed by atoms with Gasteiger partial charge < -0.3 is 9.47 Å². The maximum atomic E-state index is 14.1. The summed E-state index contributed by atoms with van der Waals surface area (Å²) in [5.41, 5.74) is 1.51. The van der Waals surface area contributed by atoms with Gasteiger partial charge in [0.1, 0.15) is 5.69 Å². The monoisotopic (exact) mass is 472 g/mol. The van der Waals surface area contributed by atoms with Crippen molar-refractivity contribution >= 4 is 9.84 Å². The minimum absolute atomic E-state index is 0. The molecular weight excluding hydrogens is 456 g/mol. The molecule has 0 saturated carbocycles. The van der Waals surface area contributed by atoms with Gasteiger partial charge in [-0.05, 0) is 12.0 Å². The molecule has 0 bridgehead atoms. The molecule has 2 aromatic rings. The molecule has 10 heteroatoms. The number of sulfone groups is 1. The molecule has 1 fully saturated rings. The zero-order valence-corrected chi connectivity index (χ0v) is 19.6. The predicted octanol–water partition coefficient (Wildman–Crippen LogP) is 2.75. The van der Waals surface area contributed by atoms with Crippen LogP contribution in [0.15, 0.2) is 23.4 Å². The minimum Gasteiger partial charge on any atom is -0.558 e. The third-order valence-electron chi connectivity index (χ3n) is 4.65. The van der Waals surface area contributed by atoms with Gasteiger partial charge in [-0.2, -0.15) is 14.8 Å². The molecule has 0 N–H and O–H groups in total. The van der Waals surface area contributed by atoms with Crippen molar-refractivity contribution in [2.24, 2.45) is 0 Å². The zero-order valence-electron chi connectivity index (χ0n) is 15.8. The molecule has 0 unspecified atom stereocenters. The van der Waals surface area contributed by atoms with E-state index in [0.717, 1.165) is 25.0 Å². The number of rotatable bonds is 2. The first kappa shape index (κ1) is 22.1. The van der Waals surface area contributed by atoms with Crippen LogP contribution in [-0.2, 0) is 46.4 Å². The van der Waals surface area contributed by atoms with E-state index in [9.17, 15) is 17.2 Å². The molecule has 1 aliphatic carbocycles. The Balaban J connectivity index is 0.000000431. The zero-order chi connectivity index (χ0) is 19.9. The summed E-state index contributed by atoms with van der Waals surface area (Å²) in [6.45, 7) is 2.20. The van der Waals surface area contributed by atoms with Crippen LogP contribution < -0.4 is 4.74 Å². The van der Waals surface area contributed by atoms with Crippen molar-refractivity contribution in [3.05, 3.63) is 47.9 Å². The standard InChI is InChI=1S/C16H13F2N2O3S.C3H5O.Zn/c1-24(21,22)15-19-13(11-4-6-16(17,18)14(11)20-15)10-3-2-9-5-7-23-12(9)8-10;1-2-4-3-1;/h2-3,5,8H,4,6-7H2,1H3;1H,2-3H2;/q2*-1;+2. The Kier molecular flexibility index (Phi) is 6.27. The first-order valence-electron chi connectivity index (χ1n) is 8.75. The van der Waals surface area contributed by atoms with E-state index in [1.807, 2.05) is 6.42 Å². The minimum atomic E-state index is -3.81. The van der Waals surface area contributed by atoms with E-state index in [-0.39, 0.29) is 31.6 Å². The molecule has 2 aliphatic heterocycles. The van der Waals surface area contributed by atoms with Crippen molar-refractivity contribution in [1.82, 2.24) is 9.97 Å². The number of alkyl halides is 2. The van der Waals surface area contributed by atoms with Crippen molar-refractivity contribution < 1.29 is 46.2 Å². The Morgan fingerprint density at radius 3 is 2.48 bits per heavy atom. The van der Waals surface area contributed by atoms with Crippen LogP contribution in [0.5, 0.6) is 5.75 Å². The maximum Gasteiger partial charge on any atom is 2.00 e. The Morgan fingerprint density at radius 2 is 1.86 bits per heavy atom. The van der Waals surface area contributed by atoms with Gasteiger partial charge in [0.25, 0.3) is 5.92 Å². The largest absolute Gasteiger partial charge is 2.00 e. The maximum absolute atomic E-state index is 14.1. The Bertz CT molecular complexity index is 1020. The fourth-order valence-corrected chi connectivity index (χ4v) is 3.64. The molecule has 5 rings (SSSR count). The number of halogens is 2. The van der Waals surface area contributed by atoms with Crippen molar-refractivity contribution in [1.29, 1.82) is 0 Å². The number of nitrogens with zero attached hydrogens (tertiary/aromatic N) is 2. The van der Waals surface area contributed by atoms with Gasteiger partial charge in [-0.3, -0.25) is 6.42 Å². The van der Waals surface area contributed by atoms with E-state index in [1.165, 1.54) is 0 Å². The predicted molar refractivity (Wildman–Crippen MR) is 96.8 cm³/mol. The summed E-state index contributed by atoms with van der Waals surface area (Å²) in [5, 5.41) is -0.578. The Morgan fingerprint density at radius 1 is 1.17 bits per heavy atom. The number of benzene rings is 1. The van der Waals surface area contributed by atoms with Gasteiger partial charge in [-0.15, -0.1) is 18.1 Å². The molecule has 0 spiro atoms. The molecule has 150 valence electrons. The molecule has 1 aromatic heterocycles. The van der Waals surface area contributed by atoms with Gasteiger partial charge in [0, 0.05) is 30.6 Å². The fraction of sp³-hybridized carbons (Fsp3) is 0.368. The molecular formula is C19H18F2N2O4SZn. The van der Waals surface area contributed by atoms with Crippen LogP contribution in [0, 0.1) is 12.8 Å². The van der Waals surface area contributed by atoms with E-state index in [2.05, 4.69) is 21.1 Å². The van der Waals surface area contributed by atoms with Crippen LogP contribution in [0.2, 0.25) is 0 Å². The van der Waals surface area contributed by atoms with Crippen LogP contribution in [-0.4, -0.2) is 44.5 Å². The van der Waals surface area contributed by atoms with Gasteiger partial charge in [0.15, 0.2) is 0 Å². The number of aromatic nitrogens is 2. The summed E-state index contributed by atoms with van der Waals surface area (Å²) in [7, 11) is -3.81. The number of fused-ring (bicyclic) bond motifs is 2. The number of ether oxygens (including phenoxy) is 2. The molecule has 6 nitrogen and oxygen atoms in total. The summed E-state index contributed by atoms with van der Waals surface area (Å²) in [5.74, 6) is -2.52. The summed E-state index contributed by atoms with van der Waals surface area (Å²) in [6.07, 6.45) is 4.60. The van der Waals surface area contributed by atoms with Crippen molar-refractivity contribution in [2.75, 3.05) is 26.1 Å². The van der Waals surface area contributed by atoms with Crippen LogP contribution in [0.3, 0.4) is 0 Å². The second kappa shape index (κ2) is 8.24. The summed E-state index contributed by atoms with van der Waals surface area (Å²) in [6, 6.07) is 5.23. The van der Waals surface area contributed by atoms with Crippen LogP contribution in [0.1, 0.15) is 23.2 Å². The molecule has 3 heterocycles. The molecule has 3 aliphatic rings. The summed E-state index contributed by atoms with van der Waals surface area (Å²) < 4.78 is 62.0. The fourth-order valence-electron chi connectivity index (χ4n) is 3.12. The van der Waals surface area contributed by atoms with E-state index >= 15 is 0 Å². The Hall–Kier alpha value is -1.64. The van der Waals surface area contributed by atoms with Gasteiger partial charge in [0.05, 0.1) is 5.69 Å². The molecule has 1 saturated heterocycles. The van der Waals surface area contributed by atoms with Crippen molar-refractivity contribution in [2.45, 2.75) is 23.9 Å². The van der Waals surface area contributed by atoms with Gasteiger partial charge in [-0.1, -0.05) is 19.3 Å². The second-order valence-corrected chi connectivity index (χ2v) is 8.66. The average molecular weight is 474 g/mol. The third-order valence-corrected chi connectivity index (χ3v) is 5.50. The van der Waals surface area contributed by atoms with Crippen LogP contribution in [0.25, 0.3) is 11.3 Å². The first-order valence-corrected chi connectivity index (χ1v) is 10.6. The van der Waals surface area contributed by atoms with Crippen molar-refractivity contribution in [3.63, 3.8) is 0 Å². The topological polar surface area (TPSA) is 78.4 Å². The smallest absolute Gasteiger partial charge is 0.558 e. The summed E-state index contributed by atoms with van der Waals surface area (Å²) >= 11 is 0. The molecule has 1 aromatic carbocycles. The number of hydrogen-bond donors (Lipinski definition) is 0. The van der Waals surface area contributed by atoms with Gasteiger partial charge >= 0.3 is 19.5 Å². The van der Waals surface area contributed by atoms with E-state index in [1.54, 1.807) is 18.2 Å².